The molecule has 8 heteroatoms. The highest BCUT2D eigenvalue weighted by molar-refractivity contribution is 8.45. The summed E-state index contributed by atoms with van der Waals surface area (Å²) in [6.07, 6.45) is 0.804. The molecule has 0 saturated carbocycles. The lowest BCUT2D eigenvalue weighted by Gasteiger charge is -2.41. The molecule has 1 heterocycles. The van der Waals surface area contributed by atoms with E-state index in [0.717, 1.165) is 12.5 Å². The fourth-order valence-electron chi connectivity index (χ4n) is 3.10. The van der Waals surface area contributed by atoms with Crippen LogP contribution in [0.2, 0.25) is 0 Å². The van der Waals surface area contributed by atoms with Gasteiger partial charge in [0.15, 0.2) is 0 Å². The standard InChI is InChI=1S/C15H22F5NOS/c1-11-8-15(3,10-22-9-11)21-12(2)13-5-4-6-14(7-13)23(16,17,18,19)20/h4-7,11-12,21H,8-10H2,1-3H3/t11-,12?,15?/m1/s1. The van der Waals surface area contributed by atoms with E-state index in [-0.39, 0.29) is 5.56 Å². The van der Waals surface area contributed by atoms with Gasteiger partial charge in [-0.2, -0.15) is 0 Å². The summed E-state index contributed by atoms with van der Waals surface area (Å²) in [6.45, 7) is 6.69. The largest absolute Gasteiger partial charge is 0.379 e. The predicted octanol–water partition coefficient (Wildman–Crippen LogP) is 5.81. The van der Waals surface area contributed by atoms with Gasteiger partial charge < -0.3 is 10.1 Å². The lowest BCUT2D eigenvalue weighted by atomic mass is 9.87. The smallest absolute Gasteiger partial charge is 0.310 e. The fraction of sp³-hybridized carbons (Fsp3) is 0.600. The predicted molar refractivity (Wildman–Crippen MR) is 82.4 cm³/mol. The Morgan fingerprint density at radius 2 is 1.91 bits per heavy atom. The van der Waals surface area contributed by atoms with E-state index in [0.29, 0.717) is 31.3 Å². The molecule has 1 saturated heterocycles. The molecule has 134 valence electrons. The second kappa shape index (κ2) is 5.07. The number of hydrogen-bond acceptors (Lipinski definition) is 2. The fourth-order valence-corrected chi connectivity index (χ4v) is 3.80. The first-order chi connectivity index (χ1) is 10.2. The Labute approximate surface area is 133 Å². The van der Waals surface area contributed by atoms with Gasteiger partial charge in [-0.1, -0.05) is 38.5 Å². The maximum Gasteiger partial charge on any atom is 0.310 e. The van der Waals surface area contributed by atoms with Crippen molar-refractivity contribution in [2.75, 3.05) is 13.2 Å². The summed E-state index contributed by atoms with van der Waals surface area (Å²) in [5.41, 5.74) is -0.225. The Morgan fingerprint density at radius 1 is 1.26 bits per heavy atom. The molecule has 2 unspecified atom stereocenters. The van der Waals surface area contributed by atoms with Crippen molar-refractivity contribution >= 4 is 10.2 Å². The molecule has 1 aromatic rings. The van der Waals surface area contributed by atoms with Crippen LogP contribution in [0.4, 0.5) is 19.4 Å². The van der Waals surface area contributed by atoms with Crippen molar-refractivity contribution in [1.82, 2.24) is 5.32 Å². The van der Waals surface area contributed by atoms with Gasteiger partial charge >= 0.3 is 10.2 Å². The molecule has 0 aromatic heterocycles. The molecular formula is C15H22F5NOS. The van der Waals surface area contributed by atoms with Gasteiger partial charge in [-0.3, -0.25) is 0 Å². The molecule has 23 heavy (non-hydrogen) atoms. The van der Waals surface area contributed by atoms with E-state index in [9.17, 15) is 19.4 Å². The van der Waals surface area contributed by atoms with Crippen molar-refractivity contribution < 1.29 is 24.2 Å². The zero-order chi connectivity index (χ0) is 17.6. The average molecular weight is 359 g/mol. The topological polar surface area (TPSA) is 21.3 Å². The summed E-state index contributed by atoms with van der Waals surface area (Å²) < 4.78 is 70.2. The third kappa shape index (κ3) is 4.81. The highest BCUT2D eigenvalue weighted by atomic mass is 32.5. The van der Waals surface area contributed by atoms with Crippen molar-refractivity contribution in [2.45, 2.75) is 43.7 Å². The molecule has 2 rings (SSSR count). The van der Waals surface area contributed by atoms with Gasteiger partial charge in [0.25, 0.3) is 0 Å². The molecule has 2 nitrogen and oxygen atoms in total. The van der Waals surface area contributed by atoms with Gasteiger partial charge in [0.05, 0.1) is 6.61 Å². The molecule has 1 fully saturated rings. The molecule has 0 spiro atoms. The zero-order valence-electron chi connectivity index (χ0n) is 13.3. The van der Waals surface area contributed by atoms with Crippen LogP contribution in [-0.2, 0) is 4.74 Å². The van der Waals surface area contributed by atoms with Crippen LogP contribution in [0.25, 0.3) is 0 Å². The summed E-state index contributed by atoms with van der Waals surface area (Å²) in [6, 6.07) is 2.89. The van der Waals surface area contributed by atoms with Crippen molar-refractivity contribution in [1.29, 1.82) is 0 Å². The maximum absolute atomic E-state index is 12.9. The van der Waals surface area contributed by atoms with E-state index in [1.54, 1.807) is 6.92 Å². The molecular weight excluding hydrogens is 337 g/mol. The number of halogens is 5. The van der Waals surface area contributed by atoms with E-state index < -0.39 is 26.7 Å². The first-order valence-electron chi connectivity index (χ1n) is 7.38. The molecule has 1 aliphatic heterocycles. The minimum atomic E-state index is -9.66. The van der Waals surface area contributed by atoms with Crippen molar-refractivity contribution in [3.05, 3.63) is 29.8 Å². The Balaban J connectivity index is 2.23. The van der Waals surface area contributed by atoms with Crippen LogP contribution in [0.5, 0.6) is 0 Å². The van der Waals surface area contributed by atoms with E-state index in [2.05, 4.69) is 5.32 Å². The van der Waals surface area contributed by atoms with Crippen LogP contribution in [0, 0.1) is 5.92 Å². The number of nitrogens with one attached hydrogen (secondary N) is 1. The third-order valence-electron chi connectivity index (χ3n) is 3.99. The van der Waals surface area contributed by atoms with Crippen LogP contribution < -0.4 is 5.32 Å². The van der Waals surface area contributed by atoms with Gasteiger partial charge in [0.1, 0.15) is 4.90 Å². The first kappa shape index (κ1) is 18.5. The Bertz CT molecular complexity index is 591. The highest BCUT2D eigenvalue weighted by Crippen LogP contribution is 3.02. The van der Waals surface area contributed by atoms with E-state index in [1.807, 2.05) is 13.8 Å². The second-order valence-corrected chi connectivity index (χ2v) is 9.20. The number of rotatable bonds is 4. The van der Waals surface area contributed by atoms with Crippen LogP contribution in [0.3, 0.4) is 0 Å². The van der Waals surface area contributed by atoms with E-state index in [4.69, 9.17) is 4.74 Å². The van der Waals surface area contributed by atoms with E-state index in [1.165, 1.54) is 6.07 Å². The van der Waals surface area contributed by atoms with Crippen molar-refractivity contribution in [3.8, 4) is 0 Å². The van der Waals surface area contributed by atoms with Gasteiger partial charge in [0.2, 0.25) is 0 Å². The summed E-state index contributed by atoms with van der Waals surface area (Å²) >= 11 is 0. The van der Waals surface area contributed by atoms with Gasteiger partial charge in [-0.15, -0.1) is 0 Å². The molecule has 0 bridgehead atoms. The minimum Gasteiger partial charge on any atom is -0.379 e. The SMILES string of the molecule is CC(NC1(C)COC[C@H](C)C1)c1cccc(S(F)(F)(F)(F)F)c1. The monoisotopic (exact) mass is 359 g/mol. The maximum atomic E-state index is 12.9. The average Bonchev–Trinajstić information content (AvgIpc) is 2.35. The van der Waals surface area contributed by atoms with E-state index >= 15 is 0 Å². The lowest BCUT2D eigenvalue weighted by Crippen LogP contribution is -2.51. The summed E-state index contributed by atoms with van der Waals surface area (Å²) in [5, 5.41) is 3.22. The number of hydrogen-bond donors (Lipinski definition) is 1. The van der Waals surface area contributed by atoms with Crippen LogP contribution in [0.15, 0.2) is 29.2 Å². The number of ether oxygens (including phenoxy) is 1. The summed E-state index contributed by atoms with van der Waals surface area (Å²) in [7, 11) is -9.66. The van der Waals surface area contributed by atoms with Gasteiger partial charge in [0, 0.05) is 18.2 Å². The normalized spacial score (nSPS) is 30.3. The summed E-state index contributed by atoms with van der Waals surface area (Å²) in [5.74, 6) is 0.324. The molecule has 1 aliphatic rings. The second-order valence-electron chi connectivity index (χ2n) is 6.79. The zero-order valence-corrected chi connectivity index (χ0v) is 14.1. The quantitative estimate of drug-likeness (QED) is 0.685. The Morgan fingerprint density at radius 3 is 2.48 bits per heavy atom. The van der Waals surface area contributed by atoms with Gasteiger partial charge in [-0.25, -0.2) is 0 Å². The molecule has 1 aromatic carbocycles. The van der Waals surface area contributed by atoms with Crippen molar-refractivity contribution in [3.63, 3.8) is 0 Å². The van der Waals surface area contributed by atoms with Crippen LogP contribution in [-0.4, -0.2) is 18.8 Å². The minimum absolute atomic E-state index is 0.176. The lowest BCUT2D eigenvalue weighted by molar-refractivity contribution is -0.00661. The number of benzene rings is 1. The molecule has 1 N–H and O–H groups in total. The summed E-state index contributed by atoms with van der Waals surface area (Å²) in [4.78, 5) is -1.85. The third-order valence-corrected chi connectivity index (χ3v) is 5.14. The van der Waals surface area contributed by atoms with Crippen LogP contribution >= 0.6 is 10.2 Å². The highest BCUT2D eigenvalue weighted by Gasteiger charge is 2.65. The molecule has 0 radical (unpaired) electrons. The van der Waals surface area contributed by atoms with Crippen molar-refractivity contribution in [2.24, 2.45) is 5.92 Å². The Hall–Kier alpha value is -0.860. The molecule has 0 amide bonds. The first-order valence-corrected chi connectivity index (χ1v) is 9.33. The van der Waals surface area contributed by atoms with Crippen LogP contribution in [0.1, 0.15) is 38.8 Å². The van der Waals surface area contributed by atoms with Gasteiger partial charge in [-0.05, 0) is 43.9 Å². The molecule has 0 aliphatic carbocycles. The molecule has 3 atom stereocenters. The Kier molecular flexibility index (Phi) is 4.07.